The van der Waals surface area contributed by atoms with E-state index < -0.39 is 30.0 Å². The highest BCUT2D eigenvalue weighted by Crippen LogP contribution is 2.35. The number of carbonyl (C=O) groups excluding carboxylic acids is 1. The Bertz CT molecular complexity index is 677. The molecule has 0 bridgehead atoms. The van der Waals surface area contributed by atoms with Gasteiger partial charge in [0.05, 0.1) is 11.3 Å². The van der Waals surface area contributed by atoms with Crippen molar-refractivity contribution in [3.63, 3.8) is 0 Å². The lowest BCUT2D eigenvalue weighted by Crippen LogP contribution is -2.21. The molecule has 0 saturated heterocycles. The van der Waals surface area contributed by atoms with E-state index in [-0.39, 0.29) is 10.8 Å². The second-order valence-electron chi connectivity index (χ2n) is 4.17. The summed E-state index contributed by atoms with van der Waals surface area (Å²) in [6.07, 6.45) is -3.12. The van der Waals surface area contributed by atoms with Crippen LogP contribution in [-0.4, -0.2) is 17.5 Å². The van der Waals surface area contributed by atoms with Crippen molar-refractivity contribution in [1.82, 2.24) is 4.98 Å². The Morgan fingerprint density at radius 1 is 1.23 bits per heavy atom. The summed E-state index contributed by atoms with van der Waals surface area (Å²) in [5.74, 6) is -1.06. The zero-order valence-electron chi connectivity index (χ0n) is 11.0. The third kappa shape index (κ3) is 4.11. The average molecular weight is 331 g/mol. The van der Waals surface area contributed by atoms with Gasteiger partial charge in [0.1, 0.15) is 5.75 Å². The van der Waals surface area contributed by atoms with Crippen LogP contribution >= 0.6 is 11.6 Å². The van der Waals surface area contributed by atoms with E-state index in [4.69, 9.17) is 16.3 Å². The fraction of sp³-hybridized carbons (Fsp3) is 0.143. The van der Waals surface area contributed by atoms with Gasteiger partial charge in [-0.2, -0.15) is 13.2 Å². The van der Waals surface area contributed by atoms with E-state index in [1.165, 1.54) is 24.4 Å². The van der Waals surface area contributed by atoms with Crippen molar-refractivity contribution >= 4 is 23.2 Å². The van der Waals surface area contributed by atoms with Gasteiger partial charge in [-0.1, -0.05) is 23.7 Å². The Morgan fingerprint density at radius 3 is 2.64 bits per heavy atom. The number of hydrogen-bond donors (Lipinski definition) is 1. The maximum Gasteiger partial charge on any atom is 0.419 e. The van der Waals surface area contributed by atoms with E-state index in [2.05, 4.69) is 10.3 Å². The fourth-order valence-electron chi connectivity index (χ4n) is 1.64. The topological polar surface area (TPSA) is 51.2 Å². The van der Waals surface area contributed by atoms with Crippen molar-refractivity contribution in [3.8, 4) is 5.75 Å². The Balaban J connectivity index is 2.02. The predicted octanol–water partition coefficient (Wildman–Crippen LogP) is 3.77. The molecule has 2 aromatic rings. The molecule has 0 aliphatic rings. The van der Waals surface area contributed by atoms with E-state index >= 15 is 0 Å². The predicted molar refractivity (Wildman–Crippen MR) is 74.8 cm³/mol. The quantitative estimate of drug-likeness (QED) is 0.868. The number of para-hydroxylation sites is 1. The van der Waals surface area contributed by atoms with Crippen molar-refractivity contribution in [2.24, 2.45) is 0 Å². The first-order valence-corrected chi connectivity index (χ1v) is 6.45. The van der Waals surface area contributed by atoms with Crippen molar-refractivity contribution in [2.75, 3.05) is 11.9 Å². The zero-order chi connectivity index (χ0) is 16.2. The van der Waals surface area contributed by atoms with Crippen molar-refractivity contribution in [3.05, 3.63) is 53.3 Å². The monoisotopic (exact) mass is 330 g/mol. The summed E-state index contributed by atoms with van der Waals surface area (Å²) in [6, 6.07) is 7.72. The number of alkyl halides is 3. The van der Waals surface area contributed by atoms with Crippen molar-refractivity contribution in [1.29, 1.82) is 0 Å². The van der Waals surface area contributed by atoms with Crippen LogP contribution in [0.2, 0.25) is 5.15 Å². The van der Waals surface area contributed by atoms with Crippen molar-refractivity contribution < 1.29 is 22.7 Å². The standard InChI is InChI=1S/C14H10ClF3N2O2/c15-13-10(5-3-7-19-13)20-12(21)8-22-11-6-2-1-4-9(11)14(16,17)18/h1-7H,8H2,(H,20,21). The molecule has 1 amide bonds. The highest BCUT2D eigenvalue weighted by Gasteiger charge is 2.34. The number of rotatable bonds is 4. The van der Waals surface area contributed by atoms with Gasteiger partial charge < -0.3 is 10.1 Å². The molecule has 0 fully saturated rings. The van der Waals surface area contributed by atoms with E-state index in [9.17, 15) is 18.0 Å². The number of ether oxygens (including phenoxy) is 1. The minimum absolute atomic E-state index is 0.0755. The Kier molecular flexibility index (Phi) is 4.87. The molecular formula is C14H10ClF3N2O2. The summed E-state index contributed by atoms with van der Waals surface area (Å²) in [4.78, 5) is 15.5. The number of hydrogen-bond acceptors (Lipinski definition) is 3. The lowest BCUT2D eigenvalue weighted by molar-refractivity contribution is -0.139. The zero-order valence-corrected chi connectivity index (χ0v) is 11.8. The van der Waals surface area contributed by atoms with Gasteiger partial charge in [0.2, 0.25) is 0 Å². The van der Waals surface area contributed by atoms with E-state index in [0.29, 0.717) is 0 Å². The Labute approximate surface area is 128 Å². The molecule has 2 rings (SSSR count). The van der Waals surface area contributed by atoms with E-state index in [0.717, 1.165) is 12.1 Å². The molecule has 0 aliphatic heterocycles. The molecule has 1 aromatic carbocycles. The summed E-state index contributed by atoms with van der Waals surface area (Å²) in [6.45, 7) is -0.585. The minimum atomic E-state index is -4.56. The van der Waals surface area contributed by atoms with Crippen LogP contribution in [0.1, 0.15) is 5.56 Å². The number of nitrogens with zero attached hydrogens (tertiary/aromatic N) is 1. The summed E-state index contributed by atoms with van der Waals surface area (Å²) < 4.78 is 43.2. The maximum absolute atomic E-state index is 12.8. The molecule has 0 radical (unpaired) electrons. The Hall–Kier alpha value is -2.28. The van der Waals surface area contributed by atoms with Crippen molar-refractivity contribution in [2.45, 2.75) is 6.18 Å². The number of aromatic nitrogens is 1. The maximum atomic E-state index is 12.8. The molecule has 1 aromatic heterocycles. The summed E-state index contributed by atoms with van der Waals surface area (Å²) in [7, 11) is 0. The van der Waals surface area contributed by atoms with Crippen LogP contribution in [0.25, 0.3) is 0 Å². The number of anilines is 1. The lowest BCUT2D eigenvalue weighted by Gasteiger charge is -2.13. The molecular weight excluding hydrogens is 321 g/mol. The first-order valence-electron chi connectivity index (χ1n) is 6.07. The largest absolute Gasteiger partial charge is 0.483 e. The van der Waals surface area contributed by atoms with Crippen LogP contribution in [0.15, 0.2) is 42.6 Å². The number of nitrogens with one attached hydrogen (secondary N) is 1. The molecule has 116 valence electrons. The molecule has 0 aliphatic carbocycles. The van der Waals surface area contributed by atoms with Gasteiger partial charge in [0, 0.05) is 6.20 Å². The van der Waals surface area contributed by atoms with Gasteiger partial charge in [-0.25, -0.2) is 4.98 Å². The van der Waals surface area contributed by atoms with Crippen LogP contribution in [0.5, 0.6) is 5.75 Å². The number of carbonyl (C=O) groups is 1. The molecule has 22 heavy (non-hydrogen) atoms. The van der Waals surface area contributed by atoms with Gasteiger partial charge in [-0.15, -0.1) is 0 Å². The van der Waals surface area contributed by atoms with Crippen LogP contribution in [0.3, 0.4) is 0 Å². The number of pyridine rings is 1. The van der Waals surface area contributed by atoms with Crippen LogP contribution in [0.4, 0.5) is 18.9 Å². The SMILES string of the molecule is O=C(COc1ccccc1C(F)(F)F)Nc1cccnc1Cl. The average Bonchev–Trinajstić information content (AvgIpc) is 2.47. The molecule has 1 heterocycles. The first kappa shape index (κ1) is 16.1. The van der Waals surface area contributed by atoms with Gasteiger partial charge in [0.25, 0.3) is 5.91 Å². The van der Waals surface area contributed by atoms with Gasteiger partial charge >= 0.3 is 6.18 Å². The Morgan fingerprint density at radius 2 is 1.95 bits per heavy atom. The summed E-state index contributed by atoms with van der Waals surface area (Å²) in [5.41, 5.74) is -0.691. The third-order valence-corrected chi connectivity index (χ3v) is 2.89. The third-order valence-electron chi connectivity index (χ3n) is 2.58. The fourth-order valence-corrected chi connectivity index (χ4v) is 1.80. The van der Waals surface area contributed by atoms with E-state index in [1.54, 1.807) is 6.07 Å². The smallest absolute Gasteiger partial charge is 0.419 e. The highest BCUT2D eigenvalue weighted by atomic mass is 35.5. The summed E-state index contributed by atoms with van der Waals surface area (Å²) in [5, 5.41) is 2.47. The van der Waals surface area contributed by atoms with Crippen LogP contribution in [-0.2, 0) is 11.0 Å². The highest BCUT2D eigenvalue weighted by molar-refractivity contribution is 6.32. The molecule has 0 saturated carbocycles. The van der Waals surface area contributed by atoms with E-state index in [1.807, 2.05) is 0 Å². The molecule has 8 heteroatoms. The molecule has 0 spiro atoms. The van der Waals surface area contributed by atoms with Gasteiger partial charge in [-0.3, -0.25) is 4.79 Å². The summed E-state index contributed by atoms with van der Waals surface area (Å²) >= 11 is 5.76. The second-order valence-corrected chi connectivity index (χ2v) is 4.53. The van der Waals surface area contributed by atoms with Crippen LogP contribution < -0.4 is 10.1 Å². The number of halogens is 4. The molecule has 4 nitrogen and oxygen atoms in total. The van der Waals surface area contributed by atoms with Crippen LogP contribution in [0, 0.1) is 0 Å². The number of amides is 1. The lowest BCUT2D eigenvalue weighted by atomic mass is 10.2. The number of benzene rings is 1. The normalized spacial score (nSPS) is 11.1. The molecule has 0 unspecified atom stereocenters. The molecule has 0 atom stereocenters. The second kappa shape index (κ2) is 6.65. The minimum Gasteiger partial charge on any atom is -0.483 e. The van der Waals surface area contributed by atoms with Gasteiger partial charge in [-0.05, 0) is 24.3 Å². The molecule has 1 N–H and O–H groups in total. The first-order chi connectivity index (χ1) is 10.4. The van der Waals surface area contributed by atoms with Gasteiger partial charge in [0.15, 0.2) is 11.8 Å².